The maximum Gasteiger partial charge on any atom is 0.115 e. The number of hydrogen-bond donors (Lipinski definition) is 0. The van der Waals surface area contributed by atoms with Crippen molar-refractivity contribution >= 4 is 0 Å². The first-order chi connectivity index (χ1) is 9.86. The van der Waals surface area contributed by atoms with Gasteiger partial charge in [0.15, 0.2) is 0 Å². The lowest BCUT2D eigenvalue weighted by atomic mass is 10.1. The molecule has 0 aromatic rings. The first kappa shape index (κ1) is 16.1. The fourth-order valence-electron chi connectivity index (χ4n) is 2.52. The van der Waals surface area contributed by atoms with E-state index in [-0.39, 0.29) is 24.4 Å². The van der Waals surface area contributed by atoms with Gasteiger partial charge in [0.05, 0.1) is 39.6 Å². The van der Waals surface area contributed by atoms with Crippen LogP contribution in [0.1, 0.15) is 13.8 Å². The van der Waals surface area contributed by atoms with Crippen LogP contribution in [0.4, 0.5) is 0 Å². The van der Waals surface area contributed by atoms with Gasteiger partial charge in [-0.3, -0.25) is 0 Å². The van der Waals surface area contributed by atoms with E-state index in [0.717, 1.165) is 0 Å². The van der Waals surface area contributed by atoms with Crippen LogP contribution in [0.25, 0.3) is 0 Å². The molecule has 2 unspecified atom stereocenters. The molecule has 0 saturated carbocycles. The number of rotatable bonds is 10. The van der Waals surface area contributed by atoms with Crippen LogP contribution in [0, 0.1) is 0 Å². The summed E-state index contributed by atoms with van der Waals surface area (Å²) in [5, 5.41) is 0. The molecule has 2 fully saturated rings. The normalized spacial score (nSPS) is 32.7. The van der Waals surface area contributed by atoms with Gasteiger partial charge in [-0.15, -0.1) is 0 Å². The lowest BCUT2D eigenvalue weighted by molar-refractivity contribution is -0.0655. The predicted octanol–water partition coefficient (Wildman–Crippen LogP) is 0.627. The maximum atomic E-state index is 5.76. The largest absolute Gasteiger partial charge is 0.379 e. The molecule has 6 nitrogen and oxygen atoms in total. The minimum Gasteiger partial charge on any atom is -0.379 e. The Morgan fingerprint density at radius 1 is 0.750 bits per heavy atom. The summed E-state index contributed by atoms with van der Waals surface area (Å²) < 4.78 is 33.5. The summed E-state index contributed by atoms with van der Waals surface area (Å²) in [5.41, 5.74) is 0. The van der Waals surface area contributed by atoms with E-state index in [9.17, 15) is 0 Å². The summed E-state index contributed by atoms with van der Waals surface area (Å²) in [5.74, 6) is 0. The molecule has 6 heteroatoms. The van der Waals surface area contributed by atoms with Crippen LogP contribution < -0.4 is 0 Å². The Hall–Kier alpha value is -0.240. The summed E-state index contributed by atoms with van der Waals surface area (Å²) in [6.07, 6.45) is -0.0654. The Labute approximate surface area is 120 Å². The molecule has 0 radical (unpaired) electrons. The average Bonchev–Trinajstić information content (AvgIpc) is 3.03. The molecule has 2 aliphatic rings. The van der Waals surface area contributed by atoms with Gasteiger partial charge in [0.2, 0.25) is 0 Å². The van der Waals surface area contributed by atoms with E-state index in [1.807, 2.05) is 13.8 Å². The highest BCUT2D eigenvalue weighted by Crippen LogP contribution is 2.30. The van der Waals surface area contributed by atoms with E-state index in [1.54, 1.807) is 0 Å². The zero-order valence-electron chi connectivity index (χ0n) is 12.4. The highest BCUT2D eigenvalue weighted by Gasteiger charge is 2.48. The molecule has 0 amide bonds. The Bertz CT molecular complexity index is 236. The van der Waals surface area contributed by atoms with Gasteiger partial charge in [0, 0.05) is 13.2 Å². The highest BCUT2D eigenvalue weighted by atomic mass is 16.6. The minimum absolute atomic E-state index is 0.0130. The standard InChI is InChI=1S/C14H26O6/c1-3-15-5-7-17-11-9-19-14-12(10-20-13(11)14)18-8-6-16-4-2/h11-14H,3-10H2,1-2H3/t11-,12+,13?,14?. The first-order valence-corrected chi connectivity index (χ1v) is 7.48. The molecule has 0 bridgehead atoms. The Morgan fingerprint density at radius 2 is 1.20 bits per heavy atom. The second-order valence-corrected chi connectivity index (χ2v) is 4.81. The fraction of sp³-hybridized carbons (Fsp3) is 1.00. The highest BCUT2D eigenvalue weighted by molar-refractivity contribution is 4.95. The zero-order valence-corrected chi connectivity index (χ0v) is 12.4. The first-order valence-electron chi connectivity index (χ1n) is 7.48. The Kier molecular flexibility index (Phi) is 7.19. The van der Waals surface area contributed by atoms with Gasteiger partial charge >= 0.3 is 0 Å². The minimum atomic E-state index is -0.0197. The second kappa shape index (κ2) is 8.92. The van der Waals surface area contributed by atoms with E-state index >= 15 is 0 Å². The average molecular weight is 290 g/mol. The molecule has 2 saturated heterocycles. The number of fused-ring (bicyclic) bond motifs is 1. The summed E-state index contributed by atoms with van der Waals surface area (Å²) in [7, 11) is 0. The second-order valence-electron chi connectivity index (χ2n) is 4.81. The predicted molar refractivity (Wildman–Crippen MR) is 71.9 cm³/mol. The monoisotopic (exact) mass is 290 g/mol. The maximum absolute atomic E-state index is 5.76. The molecule has 2 heterocycles. The number of ether oxygens (including phenoxy) is 6. The van der Waals surface area contributed by atoms with Crippen molar-refractivity contribution in [2.75, 3.05) is 52.9 Å². The van der Waals surface area contributed by atoms with Crippen LogP contribution in [0.2, 0.25) is 0 Å². The van der Waals surface area contributed by atoms with Crippen molar-refractivity contribution in [2.24, 2.45) is 0 Å². The lowest BCUT2D eigenvalue weighted by Crippen LogP contribution is -2.35. The molecular formula is C14H26O6. The zero-order chi connectivity index (χ0) is 14.2. The third kappa shape index (κ3) is 4.38. The van der Waals surface area contributed by atoms with E-state index < -0.39 is 0 Å². The van der Waals surface area contributed by atoms with Gasteiger partial charge in [-0.1, -0.05) is 0 Å². The van der Waals surface area contributed by atoms with Gasteiger partial charge < -0.3 is 28.4 Å². The Balaban J connectivity index is 1.65. The van der Waals surface area contributed by atoms with E-state index in [4.69, 9.17) is 28.4 Å². The van der Waals surface area contributed by atoms with Crippen molar-refractivity contribution < 1.29 is 28.4 Å². The van der Waals surface area contributed by atoms with E-state index in [0.29, 0.717) is 52.9 Å². The third-order valence-electron chi connectivity index (χ3n) is 3.49. The molecule has 0 aromatic heterocycles. The van der Waals surface area contributed by atoms with E-state index in [2.05, 4.69) is 0 Å². The smallest absolute Gasteiger partial charge is 0.115 e. The SMILES string of the molecule is CCOCCO[C@H]1COC2C1OC[C@H]2OCCOCC. The van der Waals surface area contributed by atoms with Gasteiger partial charge in [-0.2, -0.15) is 0 Å². The van der Waals surface area contributed by atoms with Crippen LogP contribution >= 0.6 is 0 Å². The van der Waals surface area contributed by atoms with Gasteiger partial charge in [-0.05, 0) is 13.8 Å². The molecule has 0 aliphatic carbocycles. The summed E-state index contributed by atoms with van der Waals surface area (Å²) >= 11 is 0. The van der Waals surface area contributed by atoms with Crippen molar-refractivity contribution in [1.29, 1.82) is 0 Å². The molecule has 20 heavy (non-hydrogen) atoms. The topological polar surface area (TPSA) is 55.4 Å². The van der Waals surface area contributed by atoms with Gasteiger partial charge in [0.25, 0.3) is 0 Å². The quantitative estimate of drug-likeness (QED) is 0.550. The summed E-state index contributed by atoms with van der Waals surface area (Å²) in [4.78, 5) is 0. The third-order valence-corrected chi connectivity index (χ3v) is 3.49. The van der Waals surface area contributed by atoms with Crippen LogP contribution in [-0.4, -0.2) is 77.3 Å². The van der Waals surface area contributed by atoms with Crippen molar-refractivity contribution in [2.45, 2.75) is 38.3 Å². The molecule has 118 valence electrons. The summed E-state index contributed by atoms with van der Waals surface area (Å²) in [6, 6.07) is 0. The van der Waals surface area contributed by atoms with Crippen molar-refractivity contribution in [3.05, 3.63) is 0 Å². The lowest BCUT2D eigenvalue weighted by Gasteiger charge is -2.17. The summed E-state index contributed by atoms with van der Waals surface area (Å²) in [6.45, 7) is 8.86. The van der Waals surface area contributed by atoms with Crippen molar-refractivity contribution in [3.63, 3.8) is 0 Å². The molecule has 2 aliphatic heterocycles. The molecule has 0 N–H and O–H groups in total. The van der Waals surface area contributed by atoms with Crippen molar-refractivity contribution in [1.82, 2.24) is 0 Å². The molecule has 0 aromatic carbocycles. The van der Waals surface area contributed by atoms with Gasteiger partial charge in [-0.25, -0.2) is 0 Å². The van der Waals surface area contributed by atoms with Crippen LogP contribution in [-0.2, 0) is 28.4 Å². The van der Waals surface area contributed by atoms with Crippen LogP contribution in [0.15, 0.2) is 0 Å². The molecule has 4 atom stereocenters. The number of hydrogen-bond acceptors (Lipinski definition) is 6. The van der Waals surface area contributed by atoms with Crippen LogP contribution in [0.5, 0.6) is 0 Å². The molecule has 2 rings (SSSR count). The Morgan fingerprint density at radius 3 is 1.60 bits per heavy atom. The van der Waals surface area contributed by atoms with Gasteiger partial charge in [0.1, 0.15) is 24.4 Å². The molecule has 0 spiro atoms. The van der Waals surface area contributed by atoms with Crippen molar-refractivity contribution in [3.8, 4) is 0 Å². The van der Waals surface area contributed by atoms with E-state index in [1.165, 1.54) is 0 Å². The van der Waals surface area contributed by atoms with Crippen LogP contribution in [0.3, 0.4) is 0 Å². The molecular weight excluding hydrogens is 264 g/mol. The fourth-order valence-corrected chi connectivity index (χ4v) is 2.52.